The highest BCUT2D eigenvalue weighted by atomic mass is 32.2. The van der Waals surface area contributed by atoms with E-state index in [1.807, 2.05) is 6.07 Å². The molecule has 2 N–H and O–H groups in total. The maximum Gasteiger partial charge on any atom is 0.314 e. The summed E-state index contributed by atoms with van der Waals surface area (Å²) in [5.74, 6) is 1.02. The topological polar surface area (TPSA) is 103 Å². The number of H-pyrrole nitrogens is 1. The summed E-state index contributed by atoms with van der Waals surface area (Å²) in [5.41, 5.74) is 2.52. The van der Waals surface area contributed by atoms with Gasteiger partial charge in [-0.25, -0.2) is 13.4 Å². The van der Waals surface area contributed by atoms with Crippen LogP contribution < -0.4 is 10.2 Å². The van der Waals surface area contributed by atoms with Gasteiger partial charge in [0.2, 0.25) is 5.82 Å². The van der Waals surface area contributed by atoms with Gasteiger partial charge in [0.15, 0.2) is 0 Å². The molecule has 3 aliphatic heterocycles. The fourth-order valence-electron chi connectivity index (χ4n) is 5.91. The molecule has 10 heteroatoms. The third-order valence-corrected chi connectivity index (χ3v) is 9.82. The lowest BCUT2D eigenvalue weighted by Gasteiger charge is -2.45. The first-order chi connectivity index (χ1) is 17.3. The molecule has 0 aliphatic carbocycles. The van der Waals surface area contributed by atoms with Crippen molar-refractivity contribution in [2.75, 3.05) is 47.9 Å². The number of imidazole rings is 1. The molecular weight excluding hydrogens is 476 g/mol. The number of benzene rings is 1. The van der Waals surface area contributed by atoms with Crippen molar-refractivity contribution in [3.05, 3.63) is 47.2 Å². The molecule has 3 aliphatic rings. The molecule has 0 saturated carbocycles. The zero-order valence-corrected chi connectivity index (χ0v) is 21.6. The van der Waals surface area contributed by atoms with Crippen LogP contribution in [0.4, 0.5) is 17.2 Å². The smallest absolute Gasteiger partial charge is 0.314 e. The summed E-state index contributed by atoms with van der Waals surface area (Å²) in [7, 11) is -3.01. The molecule has 0 unspecified atom stereocenters. The molecule has 0 atom stereocenters. The van der Waals surface area contributed by atoms with Crippen molar-refractivity contribution in [1.29, 1.82) is 0 Å². The summed E-state index contributed by atoms with van der Waals surface area (Å²) < 4.78 is 24.7. The highest BCUT2D eigenvalue weighted by Gasteiger charge is 2.44. The molecule has 0 radical (unpaired) electrons. The number of amides is 1. The number of hydrogen-bond donors (Lipinski definition) is 2. The minimum Gasteiger partial charge on any atom is -0.370 e. The number of aromatic amines is 1. The summed E-state index contributed by atoms with van der Waals surface area (Å²) in [6.45, 7) is 13.2. The van der Waals surface area contributed by atoms with Gasteiger partial charge in [0.05, 0.1) is 29.1 Å². The fourth-order valence-corrected chi connectivity index (χ4v) is 7.41. The minimum absolute atomic E-state index is 0.106. The second kappa shape index (κ2) is 9.87. The number of nitrogens with zero attached hydrogens (tertiary/aromatic N) is 4. The summed E-state index contributed by atoms with van der Waals surface area (Å²) in [6.07, 6.45) is 6.99. The maximum absolute atomic E-state index is 13.0. The number of aromatic nitrogens is 2. The zero-order chi connectivity index (χ0) is 25.3. The first-order valence-corrected chi connectivity index (χ1v) is 14.7. The van der Waals surface area contributed by atoms with Crippen LogP contribution in [-0.2, 0) is 15.4 Å². The van der Waals surface area contributed by atoms with Gasteiger partial charge in [-0.2, -0.15) is 0 Å². The van der Waals surface area contributed by atoms with Gasteiger partial charge in [0, 0.05) is 18.6 Å². The zero-order valence-electron chi connectivity index (χ0n) is 20.8. The molecule has 0 spiro atoms. The average molecular weight is 511 g/mol. The van der Waals surface area contributed by atoms with Gasteiger partial charge in [-0.15, -0.1) is 0 Å². The van der Waals surface area contributed by atoms with Gasteiger partial charge >= 0.3 is 5.91 Å². The normalized spacial score (nSPS) is 22.3. The van der Waals surface area contributed by atoms with Crippen LogP contribution in [0.3, 0.4) is 0 Å². The summed E-state index contributed by atoms with van der Waals surface area (Å²) in [6, 6.07) is 6.21. The number of anilines is 2. The van der Waals surface area contributed by atoms with Crippen LogP contribution in [0.5, 0.6) is 0 Å². The van der Waals surface area contributed by atoms with E-state index in [4.69, 9.17) is 6.57 Å². The van der Waals surface area contributed by atoms with Gasteiger partial charge in [-0.3, -0.25) is 14.7 Å². The Balaban J connectivity index is 1.52. The Bertz CT molecular complexity index is 1250. The second-order valence-corrected chi connectivity index (χ2v) is 12.8. The predicted molar refractivity (Wildman–Crippen MR) is 140 cm³/mol. The Morgan fingerprint density at radius 3 is 2.50 bits per heavy atom. The van der Waals surface area contributed by atoms with E-state index in [2.05, 4.69) is 49.0 Å². The number of piperidine rings is 1. The van der Waals surface area contributed by atoms with Crippen molar-refractivity contribution < 1.29 is 13.2 Å². The summed E-state index contributed by atoms with van der Waals surface area (Å²) in [5, 5.41) is 3.01. The van der Waals surface area contributed by atoms with Crippen LogP contribution in [-0.4, -0.2) is 66.9 Å². The molecule has 3 saturated heterocycles. The van der Waals surface area contributed by atoms with Gasteiger partial charge < -0.3 is 15.1 Å². The molecule has 9 nitrogen and oxygen atoms in total. The van der Waals surface area contributed by atoms with Crippen molar-refractivity contribution in [1.82, 2.24) is 14.9 Å². The van der Waals surface area contributed by atoms with E-state index >= 15 is 0 Å². The molecule has 5 rings (SSSR count). The molecular formula is C26H34N6O3S. The quantitative estimate of drug-likeness (QED) is 0.591. The number of hydrogen-bond acceptors (Lipinski definition) is 6. The van der Waals surface area contributed by atoms with Crippen LogP contribution in [0, 0.1) is 12.5 Å². The standard InChI is InChI=1S/C26H34N6O3S/c1-19-7-13-31(14-8-19)22-17-20(5-6-21(22)29-25(33)24-28-18-23(27-2)30-24)26(32-11-3-4-12-32)9-15-36(34,35)16-10-26/h5-6,17-19H,3-4,7-16H2,1H3,(H,28,30)(H,29,33). The third kappa shape index (κ3) is 4.87. The first kappa shape index (κ1) is 24.8. The van der Waals surface area contributed by atoms with Gasteiger partial charge in [0.1, 0.15) is 9.84 Å². The molecule has 3 fully saturated rings. The summed E-state index contributed by atoms with van der Waals surface area (Å²) in [4.78, 5) is 27.9. The van der Waals surface area contributed by atoms with E-state index in [1.165, 1.54) is 6.20 Å². The Morgan fingerprint density at radius 1 is 1.17 bits per heavy atom. The van der Waals surface area contributed by atoms with Crippen LogP contribution in [0.15, 0.2) is 24.4 Å². The van der Waals surface area contributed by atoms with Crippen molar-refractivity contribution in [2.45, 2.75) is 51.0 Å². The number of carbonyl (C=O) groups is 1. The molecule has 4 heterocycles. The van der Waals surface area contributed by atoms with Crippen LogP contribution >= 0.6 is 0 Å². The molecule has 192 valence electrons. The number of carbonyl (C=O) groups excluding carboxylic acids is 1. The Kier molecular flexibility index (Phi) is 6.79. The maximum atomic E-state index is 13.0. The van der Waals surface area contributed by atoms with Crippen LogP contribution in [0.2, 0.25) is 0 Å². The van der Waals surface area contributed by atoms with Crippen LogP contribution in [0.25, 0.3) is 4.85 Å². The van der Waals surface area contributed by atoms with Gasteiger partial charge in [-0.05, 0) is 75.2 Å². The molecule has 1 aromatic carbocycles. The molecule has 1 amide bonds. The highest BCUT2D eigenvalue weighted by Crippen LogP contribution is 2.44. The average Bonchev–Trinajstić information content (AvgIpc) is 3.58. The predicted octanol–water partition coefficient (Wildman–Crippen LogP) is 3.95. The Morgan fingerprint density at radius 2 is 1.86 bits per heavy atom. The lowest BCUT2D eigenvalue weighted by Crippen LogP contribution is -2.50. The lowest BCUT2D eigenvalue weighted by molar-refractivity contribution is 0.101. The summed E-state index contributed by atoms with van der Waals surface area (Å²) >= 11 is 0. The molecule has 36 heavy (non-hydrogen) atoms. The number of likely N-dealkylation sites (tertiary alicyclic amines) is 1. The van der Waals surface area contributed by atoms with E-state index in [0.29, 0.717) is 24.4 Å². The van der Waals surface area contributed by atoms with E-state index in [0.717, 1.165) is 63.1 Å². The first-order valence-electron chi connectivity index (χ1n) is 12.9. The van der Waals surface area contributed by atoms with Crippen LogP contribution in [0.1, 0.15) is 61.6 Å². The Hall–Kier alpha value is -2.90. The van der Waals surface area contributed by atoms with Crippen molar-refractivity contribution >= 4 is 32.9 Å². The van der Waals surface area contributed by atoms with Gasteiger partial charge in [0.25, 0.3) is 5.82 Å². The number of nitrogens with one attached hydrogen (secondary N) is 2. The third-order valence-electron chi connectivity index (χ3n) is 8.17. The fraction of sp³-hybridized carbons (Fsp3) is 0.577. The van der Waals surface area contributed by atoms with Gasteiger partial charge in [-0.1, -0.05) is 19.6 Å². The van der Waals surface area contributed by atoms with Crippen molar-refractivity contribution in [2.24, 2.45) is 5.92 Å². The molecule has 0 bridgehead atoms. The largest absolute Gasteiger partial charge is 0.370 e. The van der Waals surface area contributed by atoms with E-state index in [-0.39, 0.29) is 34.6 Å². The SMILES string of the molecule is [C-]#[N+]c1cnc(C(=O)Nc2ccc(C3(N4CCCC4)CCS(=O)(=O)CC3)cc2N2CCC(C)CC2)[nH]1. The van der Waals surface area contributed by atoms with E-state index in [9.17, 15) is 13.2 Å². The monoisotopic (exact) mass is 510 g/mol. The molecule has 1 aromatic heterocycles. The lowest BCUT2D eigenvalue weighted by atomic mass is 9.82. The Labute approximate surface area is 213 Å². The highest BCUT2D eigenvalue weighted by molar-refractivity contribution is 7.91. The minimum atomic E-state index is -3.01. The number of rotatable bonds is 5. The van der Waals surface area contributed by atoms with Crippen molar-refractivity contribution in [3.63, 3.8) is 0 Å². The second-order valence-electron chi connectivity index (χ2n) is 10.5. The van der Waals surface area contributed by atoms with E-state index in [1.54, 1.807) is 0 Å². The number of sulfone groups is 1. The van der Waals surface area contributed by atoms with Crippen molar-refractivity contribution in [3.8, 4) is 0 Å². The van der Waals surface area contributed by atoms with E-state index < -0.39 is 9.84 Å². The molecule has 2 aromatic rings.